The van der Waals surface area contributed by atoms with Gasteiger partial charge in [-0.1, -0.05) is 35.9 Å². The predicted octanol–water partition coefficient (Wildman–Crippen LogP) is 3.76. The van der Waals surface area contributed by atoms with Crippen LogP contribution in [0.5, 0.6) is 5.75 Å². The molecule has 0 aliphatic heterocycles. The highest BCUT2D eigenvalue weighted by molar-refractivity contribution is 5.94. The van der Waals surface area contributed by atoms with Gasteiger partial charge in [-0.25, -0.2) is 0 Å². The summed E-state index contributed by atoms with van der Waals surface area (Å²) in [5, 5.41) is 2.97. The number of aryl methyl sites for hydroxylation is 2. The van der Waals surface area contributed by atoms with Gasteiger partial charge in [0.25, 0.3) is 5.91 Å². The van der Waals surface area contributed by atoms with Crippen LogP contribution in [0.2, 0.25) is 0 Å². The Kier molecular flexibility index (Phi) is 6.01. The minimum Gasteiger partial charge on any atom is -0.494 e. The quantitative estimate of drug-likeness (QED) is 0.790. The minimum absolute atomic E-state index is 0.0122. The Balaban J connectivity index is 1.81. The monoisotopic (exact) mass is 297 g/mol. The summed E-state index contributed by atoms with van der Waals surface area (Å²) >= 11 is 0. The fourth-order valence-electron chi connectivity index (χ4n) is 2.38. The molecule has 0 aromatic heterocycles. The Bertz CT molecular complexity index is 622. The number of carbonyl (C=O) groups is 1. The molecule has 3 nitrogen and oxygen atoms in total. The van der Waals surface area contributed by atoms with Crippen LogP contribution in [0.25, 0.3) is 0 Å². The average Bonchev–Trinajstić information content (AvgIpc) is 2.53. The van der Waals surface area contributed by atoms with Gasteiger partial charge in [0.1, 0.15) is 5.75 Å². The van der Waals surface area contributed by atoms with Crippen LogP contribution in [0.4, 0.5) is 0 Å². The van der Waals surface area contributed by atoms with Crippen molar-refractivity contribution in [2.45, 2.75) is 26.7 Å². The van der Waals surface area contributed by atoms with Gasteiger partial charge in [0.2, 0.25) is 0 Å². The van der Waals surface area contributed by atoms with E-state index in [0.29, 0.717) is 13.2 Å². The Morgan fingerprint density at radius 3 is 2.73 bits per heavy atom. The number of hydrogen-bond donors (Lipinski definition) is 1. The maximum atomic E-state index is 12.0. The maximum absolute atomic E-state index is 12.0. The molecule has 0 aliphatic rings. The van der Waals surface area contributed by atoms with Crippen molar-refractivity contribution in [3.05, 3.63) is 65.2 Å². The molecular formula is C19H23NO2. The van der Waals surface area contributed by atoms with Gasteiger partial charge < -0.3 is 10.1 Å². The molecular weight excluding hydrogens is 274 g/mol. The maximum Gasteiger partial charge on any atom is 0.251 e. The van der Waals surface area contributed by atoms with Crippen LogP contribution in [0, 0.1) is 6.92 Å². The molecule has 0 unspecified atom stereocenters. The number of nitrogens with one attached hydrogen (secondary N) is 1. The van der Waals surface area contributed by atoms with Gasteiger partial charge >= 0.3 is 0 Å². The van der Waals surface area contributed by atoms with Crippen molar-refractivity contribution in [1.82, 2.24) is 5.32 Å². The molecule has 3 heteroatoms. The Labute approximate surface area is 132 Å². The van der Waals surface area contributed by atoms with Crippen molar-refractivity contribution in [1.29, 1.82) is 0 Å². The number of hydrogen-bond acceptors (Lipinski definition) is 2. The minimum atomic E-state index is -0.0122. The predicted molar refractivity (Wildman–Crippen MR) is 89.4 cm³/mol. The lowest BCUT2D eigenvalue weighted by Gasteiger charge is -2.10. The van der Waals surface area contributed by atoms with E-state index < -0.39 is 0 Å². The van der Waals surface area contributed by atoms with Crippen LogP contribution in [0.15, 0.2) is 48.5 Å². The summed E-state index contributed by atoms with van der Waals surface area (Å²) in [6.45, 7) is 5.30. The van der Waals surface area contributed by atoms with Crippen molar-refractivity contribution < 1.29 is 9.53 Å². The molecule has 2 aromatic rings. The van der Waals surface area contributed by atoms with Crippen molar-refractivity contribution in [2.75, 3.05) is 13.2 Å². The van der Waals surface area contributed by atoms with Gasteiger partial charge in [-0.2, -0.15) is 0 Å². The second kappa shape index (κ2) is 8.23. The average molecular weight is 297 g/mol. The Morgan fingerprint density at radius 1 is 1.14 bits per heavy atom. The lowest BCUT2D eigenvalue weighted by molar-refractivity contribution is 0.0953. The van der Waals surface area contributed by atoms with E-state index in [1.165, 1.54) is 5.56 Å². The first-order valence-corrected chi connectivity index (χ1v) is 7.76. The van der Waals surface area contributed by atoms with Crippen LogP contribution in [-0.2, 0) is 6.42 Å². The van der Waals surface area contributed by atoms with E-state index in [1.807, 2.05) is 56.3 Å². The molecule has 0 aliphatic carbocycles. The Morgan fingerprint density at radius 2 is 1.95 bits per heavy atom. The van der Waals surface area contributed by atoms with Crippen LogP contribution < -0.4 is 10.1 Å². The van der Waals surface area contributed by atoms with Crippen LogP contribution >= 0.6 is 0 Å². The summed E-state index contributed by atoms with van der Waals surface area (Å²) in [5.74, 6) is 0.928. The zero-order chi connectivity index (χ0) is 15.8. The highest BCUT2D eigenvalue weighted by atomic mass is 16.5. The van der Waals surface area contributed by atoms with Gasteiger partial charge in [-0.3, -0.25) is 4.79 Å². The van der Waals surface area contributed by atoms with E-state index in [0.717, 1.165) is 29.7 Å². The molecule has 0 heterocycles. The van der Waals surface area contributed by atoms with Gasteiger partial charge in [0, 0.05) is 12.1 Å². The lowest BCUT2D eigenvalue weighted by Crippen LogP contribution is -2.24. The zero-order valence-corrected chi connectivity index (χ0v) is 13.3. The molecule has 0 saturated heterocycles. The van der Waals surface area contributed by atoms with Crippen molar-refractivity contribution in [3.8, 4) is 5.75 Å². The van der Waals surface area contributed by atoms with Crippen LogP contribution in [-0.4, -0.2) is 19.1 Å². The summed E-state index contributed by atoms with van der Waals surface area (Å²) in [4.78, 5) is 12.0. The van der Waals surface area contributed by atoms with E-state index >= 15 is 0 Å². The first-order chi connectivity index (χ1) is 10.7. The summed E-state index contributed by atoms with van der Waals surface area (Å²) in [7, 11) is 0. The number of rotatable bonds is 7. The molecule has 0 radical (unpaired) electrons. The highest BCUT2D eigenvalue weighted by Crippen LogP contribution is 2.19. The molecule has 0 fully saturated rings. The SMILES string of the molecule is CCOc1ccccc1CCCNC(=O)c1cccc(C)c1. The van der Waals surface area contributed by atoms with Crippen molar-refractivity contribution >= 4 is 5.91 Å². The first-order valence-electron chi connectivity index (χ1n) is 7.76. The first kappa shape index (κ1) is 16.1. The van der Waals surface area contributed by atoms with Crippen LogP contribution in [0.3, 0.4) is 0 Å². The zero-order valence-electron chi connectivity index (χ0n) is 13.3. The normalized spacial score (nSPS) is 10.3. The fourth-order valence-corrected chi connectivity index (χ4v) is 2.38. The lowest BCUT2D eigenvalue weighted by atomic mass is 10.1. The Hall–Kier alpha value is -2.29. The van der Waals surface area contributed by atoms with E-state index in [1.54, 1.807) is 0 Å². The number of para-hydroxylation sites is 1. The second-order valence-electron chi connectivity index (χ2n) is 5.27. The molecule has 2 rings (SSSR count). The molecule has 0 bridgehead atoms. The van der Waals surface area contributed by atoms with Gasteiger partial charge in [-0.15, -0.1) is 0 Å². The number of benzene rings is 2. The third-order valence-electron chi connectivity index (χ3n) is 3.46. The molecule has 2 aromatic carbocycles. The summed E-state index contributed by atoms with van der Waals surface area (Å²) in [5.41, 5.74) is 3.00. The highest BCUT2D eigenvalue weighted by Gasteiger charge is 2.05. The van der Waals surface area contributed by atoms with Gasteiger partial charge in [-0.05, 0) is 50.5 Å². The van der Waals surface area contributed by atoms with Gasteiger partial charge in [0.05, 0.1) is 6.61 Å². The molecule has 0 saturated carbocycles. The van der Waals surface area contributed by atoms with Crippen molar-refractivity contribution in [2.24, 2.45) is 0 Å². The fraction of sp³-hybridized carbons (Fsp3) is 0.316. The molecule has 22 heavy (non-hydrogen) atoms. The smallest absolute Gasteiger partial charge is 0.251 e. The standard InChI is InChI=1S/C19H23NO2/c1-3-22-18-12-5-4-9-16(18)11-7-13-20-19(21)17-10-6-8-15(2)14-17/h4-6,8-10,12,14H,3,7,11,13H2,1-2H3,(H,20,21). The number of carbonyl (C=O) groups excluding carboxylic acids is 1. The molecule has 1 N–H and O–H groups in total. The third kappa shape index (κ3) is 4.62. The second-order valence-corrected chi connectivity index (χ2v) is 5.27. The van der Waals surface area contributed by atoms with E-state index in [2.05, 4.69) is 11.4 Å². The topological polar surface area (TPSA) is 38.3 Å². The summed E-state index contributed by atoms with van der Waals surface area (Å²) < 4.78 is 5.61. The van der Waals surface area contributed by atoms with Crippen molar-refractivity contribution in [3.63, 3.8) is 0 Å². The third-order valence-corrected chi connectivity index (χ3v) is 3.46. The van der Waals surface area contributed by atoms with E-state index in [9.17, 15) is 4.79 Å². The molecule has 0 spiro atoms. The number of ether oxygens (including phenoxy) is 1. The molecule has 1 amide bonds. The summed E-state index contributed by atoms with van der Waals surface area (Å²) in [6.07, 6.45) is 1.78. The van der Waals surface area contributed by atoms with Crippen LogP contribution in [0.1, 0.15) is 34.8 Å². The summed E-state index contributed by atoms with van der Waals surface area (Å²) in [6, 6.07) is 15.7. The number of amides is 1. The largest absolute Gasteiger partial charge is 0.494 e. The molecule has 0 atom stereocenters. The van der Waals surface area contributed by atoms with E-state index in [4.69, 9.17) is 4.74 Å². The van der Waals surface area contributed by atoms with E-state index in [-0.39, 0.29) is 5.91 Å². The molecule has 116 valence electrons. The van der Waals surface area contributed by atoms with Gasteiger partial charge in [0.15, 0.2) is 0 Å².